The number of hydrogen-bond donors (Lipinski definition) is 0. The highest BCUT2D eigenvalue weighted by Crippen LogP contribution is 2.42. The maximum atomic E-state index is 12.9. The fourth-order valence-corrected chi connectivity index (χ4v) is 3.54. The summed E-state index contributed by atoms with van der Waals surface area (Å²) in [6.07, 6.45) is 4.19. The summed E-state index contributed by atoms with van der Waals surface area (Å²) in [4.78, 5) is 12.9. The quantitative estimate of drug-likeness (QED) is 0.564. The molecule has 2 nitrogen and oxygen atoms in total. The Bertz CT molecular complexity index is 631. The Hall–Kier alpha value is -1.57. The molecule has 0 aromatic heterocycles. The molecule has 0 aliphatic heterocycles. The Labute approximate surface area is 148 Å². The summed E-state index contributed by atoms with van der Waals surface area (Å²) in [7, 11) is 1.60. The molecule has 0 amide bonds. The van der Waals surface area contributed by atoms with E-state index < -0.39 is 0 Å². The second-order valence-corrected chi connectivity index (χ2v) is 8.84. The van der Waals surface area contributed by atoms with Gasteiger partial charge in [-0.3, -0.25) is 4.79 Å². The summed E-state index contributed by atoms with van der Waals surface area (Å²) in [5.41, 5.74) is 4.73. The van der Waals surface area contributed by atoms with Gasteiger partial charge in [0.2, 0.25) is 0 Å². The largest absolute Gasteiger partial charge is 0.496 e. The predicted octanol–water partition coefficient (Wildman–Crippen LogP) is 6.16. The Balaban J connectivity index is 3.15. The van der Waals surface area contributed by atoms with Crippen LogP contribution in [-0.2, 0) is 9.53 Å². The molecule has 0 saturated carbocycles. The average Bonchev–Trinajstić information content (AvgIpc) is 2.42. The first-order chi connectivity index (χ1) is 10.8. The molecule has 0 radical (unpaired) electrons. The van der Waals surface area contributed by atoms with Crippen molar-refractivity contribution in [1.29, 1.82) is 0 Å². The van der Waals surface area contributed by atoms with Gasteiger partial charge < -0.3 is 4.74 Å². The summed E-state index contributed by atoms with van der Waals surface area (Å²) in [6.45, 7) is 21.1. The molecule has 0 spiro atoms. The van der Waals surface area contributed by atoms with E-state index in [2.05, 4.69) is 54.2 Å². The van der Waals surface area contributed by atoms with Gasteiger partial charge in [0.15, 0.2) is 5.78 Å². The van der Waals surface area contributed by atoms with E-state index >= 15 is 0 Å². The van der Waals surface area contributed by atoms with Crippen molar-refractivity contribution in [3.05, 3.63) is 46.3 Å². The summed E-state index contributed by atoms with van der Waals surface area (Å²) in [5, 5.41) is 0. The van der Waals surface area contributed by atoms with Crippen LogP contribution >= 0.6 is 0 Å². The summed E-state index contributed by atoms with van der Waals surface area (Å²) in [5.74, 6) is 0.708. The minimum atomic E-state index is -0.232. The van der Waals surface area contributed by atoms with E-state index in [-0.39, 0.29) is 16.6 Å². The van der Waals surface area contributed by atoms with Gasteiger partial charge in [0.05, 0.1) is 7.11 Å². The number of methoxy groups -OCH3 is 1. The van der Waals surface area contributed by atoms with E-state index in [9.17, 15) is 4.79 Å². The lowest BCUT2D eigenvalue weighted by Crippen LogP contribution is -2.27. The van der Waals surface area contributed by atoms with E-state index in [4.69, 9.17) is 4.74 Å². The minimum Gasteiger partial charge on any atom is -0.496 e. The van der Waals surface area contributed by atoms with Gasteiger partial charge in [0.1, 0.15) is 5.76 Å². The number of allylic oxidation sites excluding steroid dienone is 5. The van der Waals surface area contributed by atoms with Gasteiger partial charge in [-0.15, -0.1) is 0 Å². The smallest absolute Gasteiger partial charge is 0.189 e. The van der Waals surface area contributed by atoms with Crippen LogP contribution in [0.2, 0.25) is 0 Å². The summed E-state index contributed by atoms with van der Waals surface area (Å²) < 4.78 is 5.38. The molecule has 0 unspecified atom stereocenters. The molecule has 0 aromatic carbocycles. The van der Waals surface area contributed by atoms with Crippen LogP contribution in [0.15, 0.2) is 46.3 Å². The Morgan fingerprint density at radius 2 is 1.67 bits per heavy atom. The first-order valence-electron chi connectivity index (χ1n) is 8.68. The van der Waals surface area contributed by atoms with E-state index in [1.54, 1.807) is 7.11 Å². The van der Waals surface area contributed by atoms with Crippen molar-refractivity contribution >= 4 is 5.78 Å². The Morgan fingerprint density at radius 1 is 1.12 bits per heavy atom. The number of ketones is 1. The maximum Gasteiger partial charge on any atom is 0.189 e. The van der Waals surface area contributed by atoms with Crippen LogP contribution in [0, 0.1) is 10.8 Å². The van der Waals surface area contributed by atoms with Gasteiger partial charge in [0.25, 0.3) is 0 Å². The Kier molecular flexibility index (Phi) is 6.08. The average molecular weight is 331 g/mol. The fourth-order valence-electron chi connectivity index (χ4n) is 3.54. The lowest BCUT2D eigenvalue weighted by Gasteiger charge is -2.33. The van der Waals surface area contributed by atoms with Crippen LogP contribution in [0.4, 0.5) is 0 Å². The van der Waals surface area contributed by atoms with Crippen LogP contribution in [0.3, 0.4) is 0 Å². The van der Waals surface area contributed by atoms with Crippen molar-refractivity contribution in [1.82, 2.24) is 0 Å². The van der Waals surface area contributed by atoms with E-state index in [1.807, 2.05) is 13.8 Å². The van der Waals surface area contributed by atoms with Gasteiger partial charge in [-0.2, -0.15) is 0 Å². The van der Waals surface area contributed by atoms with Gasteiger partial charge in [-0.1, -0.05) is 52.8 Å². The van der Waals surface area contributed by atoms with Crippen LogP contribution in [0.5, 0.6) is 0 Å². The molecule has 0 aromatic rings. The van der Waals surface area contributed by atoms with Crippen molar-refractivity contribution in [2.24, 2.45) is 10.8 Å². The van der Waals surface area contributed by atoms with E-state index in [0.717, 1.165) is 29.6 Å². The molecule has 1 aliphatic carbocycles. The van der Waals surface area contributed by atoms with Crippen molar-refractivity contribution in [2.45, 2.75) is 68.2 Å². The second-order valence-electron chi connectivity index (χ2n) is 8.84. The van der Waals surface area contributed by atoms with Gasteiger partial charge >= 0.3 is 0 Å². The zero-order chi connectivity index (χ0) is 18.9. The SMILES string of the molecule is C=C1C(C)=C(C(C)(C)C/C=C(\C)CC(C)(C)C)C(=O)C(C)=C1OC. The predicted molar refractivity (Wildman–Crippen MR) is 103 cm³/mol. The third-order valence-electron chi connectivity index (χ3n) is 4.66. The van der Waals surface area contributed by atoms with Gasteiger partial charge in [-0.25, -0.2) is 0 Å². The summed E-state index contributed by atoms with van der Waals surface area (Å²) >= 11 is 0. The molecular weight excluding hydrogens is 296 g/mol. The van der Waals surface area contributed by atoms with Crippen molar-refractivity contribution in [3.63, 3.8) is 0 Å². The fraction of sp³-hybridized carbons (Fsp3) is 0.591. The second kappa shape index (κ2) is 7.13. The first kappa shape index (κ1) is 20.5. The number of hydrogen-bond acceptors (Lipinski definition) is 2. The highest BCUT2D eigenvalue weighted by Gasteiger charge is 2.36. The third-order valence-corrected chi connectivity index (χ3v) is 4.66. The topological polar surface area (TPSA) is 26.3 Å². The molecule has 0 bridgehead atoms. The molecule has 2 heteroatoms. The normalized spacial score (nSPS) is 17.8. The molecular formula is C22H34O2. The zero-order valence-corrected chi connectivity index (χ0v) is 17.0. The maximum absolute atomic E-state index is 12.9. The third kappa shape index (κ3) is 4.49. The highest BCUT2D eigenvalue weighted by atomic mass is 16.5. The van der Waals surface area contributed by atoms with Crippen LogP contribution in [0.25, 0.3) is 0 Å². The first-order valence-corrected chi connectivity index (χ1v) is 8.68. The van der Waals surface area contributed by atoms with Gasteiger partial charge in [-0.05, 0) is 50.0 Å². The molecule has 24 heavy (non-hydrogen) atoms. The molecule has 0 fully saturated rings. The van der Waals surface area contributed by atoms with Crippen LogP contribution in [-0.4, -0.2) is 12.9 Å². The molecule has 0 heterocycles. The van der Waals surface area contributed by atoms with Crippen LogP contribution < -0.4 is 0 Å². The Morgan fingerprint density at radius 3 is 2.12 bits per heavy atom. The number of carbonyl (C=O) groups is 1. The molecule has 0 atom stereocenters. The van der Waals surface area contributed by atoms with E-state index in [0.29, 0.717) is 11.3 Å². The molecule has 1 rings (SSSR count). The number of rotatable bonds is 5. The molecule has 1 aliphatic rings. The van der Waals surface area contributed by atoms with Crippen molar-refractivity contribution < 1.29 is 9.53 Å². The van der Waals surface area contributed by atoms with Crippen molar-refractivity contribution in [2.75, 3.05) is 7.11 Å². The van der Waals surface area contributed by atoms with Gasteiger partial charge in [0, 0.05) is 16.7 Å². The standard InChI is InChI=1S/C22H34O2/c1-14(13-21(5,6)7)11-12-22(8,9)18-15(2)16(3)20(24-10)17(4)19(18)23/h11H,3,12-13H2,1-2,4-10H3/b14-11+. The zero-order valence-electron chi connectivity index (χ0n) is 17.0. The van der Waals surface area contributed by atoms with E-state index in [1.165, 1.54) is 5.57 Å². The highest BCUT2D eigenvalue weighted by molar-refractivity contribution is 6.12. The van der Waals surface area contributed by atoms with Crippen LogP contribution in [0.1, 0.15) is 68.2 Å². The molecule has 0 N–H and O–H groups in total. The number of ether oxygens (including phenoxy) is 1. The molecule has 134 valence electrons. The van der Waals surface area contributed by atoms with Crippen molar-refractivity contribution in [3.8, 4) is 0 Å². The minimum absolute atomic E-state index is 0.0867. The monoisotopic (exact) mass is 330 g/mol. The lowest BCUT2D eigenvalue weighted by molar-refractivity contribution is -0.113. The lowest BCUT2D eigenvalue weighted by atomic mass is 9.71. The summed E-state index contributed by atoms with van der Waals surface area (Å²) in [6, 6.07) is 0. The number of Topliss-reactive ketones (excluding diaryl/α,β-unsaturated/α-hetero) is 1. The number of carbonyl (C=O) groups excluding carboxylic acids is 1. The molecule has 0 saturated heterocycles.